The quantitative estimate of drug-likeness (QED) is 0.732. The van der Waals surface area contributed by atoms with Crippen LogP contribution in [0.5, 0.6) is 11.5 Å². The second-order valence-corrected chi connectivity index (χ2v) is 10.8. The predicted molar refractivity (Wildman–Crippen MR) is 119 cm³/mol. The molecule has 4 bridgehead atoms. The minimum absolute atomic E-state index is 0.0241. The maximum atomic E-state index is 11.7. The van der Waals surface area contributed by atoms with E-state index in [2.05, 4.69) is 43.2 Å². The van der Waals surface area contributed by atoms with Gasteiger partial charge in [-0.2, -0.15) is 0 Å². The summed E-state index contributed by atoms with van der Waals surface area (Å²) in [7, 11) is 5.80. The zero-order chi connectivity index (χ0) is 21.8. The number of piperidine rings is 1. The van der Waals surface area contributed by atoms with Crippen LogP contribution < -0.4 is 9.47 Å². The zero-order valence-corrected chi connectivity index (χ0v) is 19.4. The number of likely N-dealkylation sites (N-methyl/N-ethyl adjacent to an activating group) is 1. The summed E-state index contributed by atoms with van der Waals surface area (Å²) in [6.45, 7) is 5.20. The van der Waals surface area contributed by atoms with E-state index in [1.54, 1.807) is 14.2 Å². The second-order valence-electron chi connectivity index (χ2n) is 10.8. The number of nitrogens with zero attached hydrogens (tertiary/aromatic N) is 1. The van der Waals surface area contributed by atoms with Gasteiger partial charge in [-0.15, -0.1) is 0 Å². The first-order valence-electron chi connectivity index (χ1n) is 11.9. The Hall–Kier alpha value is -1.56. The molecule has 4 aliphatic carbocycles. The number of ether oxygens (including phenoxy) is 3. The Kier molecular flexibility index (Phi) is 3.93. The molecule has 1 saturated carbocycles. The lowest BCUT2D eigenvalue weighted by molar-refractivity contribution is -0.247. The normalized spacial score (nSPS) is 43.4. The average Bonchev–Trinajstić information content (AvgIpc) is 3.13. The van der Waals surface area contributed by atoms with Crippen LogP contribution in [-0.4, -0.2) is 61.2 Å². The van der Waals surface area contributed by atoms with Gasteiger partial charge < -0.3 is 24.2 Å². The van der Waals surface area contributed by atoms with E-state index >= 15 is 0 Å². The number of methoxy groups -OCH3 is 2. The lowest BCUT2D eigenvalue weighted by atomic mass is 9.36. The lowest BCUT2D eigenvalue weighted by Gasteiger charge is -2.72. The molecule has 0 radical (unpaired) electrons. The van der Waals surface area contributed by atoms with E-state index in [0.717, 1.165) is 50.1 Å². The number of rotatable bonds is 5. The van der Waals surface area contributed by atoms with Gasteiger partial charge in [0.05, 0.1) is 18.1 Å². The third-order valence-corrected chi connectivity index (χ3v) is 9.78. The van der Waals surface area contributed by atoms with Crippen molar-refractivity contribution in [1.29, 1.82) is 0 Å². The first kappa shape index (κ1) is 20.1. The molecule has 1 unspecified atom stereocenters. The van der Waals surface area contributed by atoms with Crippen LogP contribution in [-0.2, 0) is 16.6 Å². The molecule has 5 heteroatoms. The Morgan fingerprint density at radius 1 is 1.29 bits per heavy atom. The molecule has 2 spiro atoms. The Morgan fingerprint density at radius 2 is 2.10 bits per heavy atom. The van der Waals surface area contributed by atoms with Crippen LogP contribution >= 0.6 is 0 Å². The monoisotopic (exact) mass is 425 g/mol. The van der Waals surface area contributed by atoms with Gasteiger partial charge in [-0.25, -0.2) is 0 Å². The summed E-state index contributed by atoms with van der Waals surface area (Å²) in [5, 5.41) is 11.7. The van der Waals surface area contributed by atoms with Crippen molar-refractivity contribution < 1.29 is 19.3 Å². The van der Waals surface area contributed by atoms with Crippen LogP contribution in [0.1, 0.15) is 50.7 Å². The molecule has 0 amide bonds. The summed E-state index contributed by atoms with van der Waals surface area (Å²) in [6, 6.07) is 4.71. The molecule has 1 N–H and O–H groups in total. The summed E-state index contributed by atoms with van der Waals surface area (Å²) < 4.78 is 19.1. The smallest absolute Gasteiger partial charge is 0.166 e. The summed E-state index contributed by atoms with van der Waals surface area (Å²) in [5.74, 6) is 1.71. The van der Waals surface area contributed by atoms with Crippen molar-refractivity contribution in [3.8, 4) is 11.5 Å². The van der Waals surface area contributed by atoms with E-state index in [1.807, 2.05) is 6.92 Å². The van der Waals surface area contributed by atoms with Crippen molar-refractivity contribution in [1.82, 2.24) is 4.90 Å². The van der Waals surface area contributed by atoms with Gasteiger partial charge in [0.1, 0.15) is 11.7 Å². The molecule has 1 aromatic carbocycles. The minimum atomic E-state index is -0.820. The molecule has 31 heavy (non-hydrogen) atoms. The van der Waals surface area contributed by atoms with Crippen LogP contribution in [0, 0.1) is 11.3 Å². The highest BCUT2D eigenvalue weighted by molar-refractivity contribution is 5.65. The average molecular weight is 426 g/mol. The van der Waals surface area contributed by atoms with Crippen LogP contribution in [0.4, 0.5) is 0 Å². The van der Waals surface area contributed by atoms with Gasteiger partial charge in [0.2, 0.25) is 0 Å². The van der Waals surface area contributed by atoms with E-state index < -0.39 is 11.2 Å². The Balaban J connectivity index is 1.66. The topological polar surface area (TPSA) is 51.2 Å². The number of aliphatic hydroxyl groups is 1. The van der Waals surface area contributed by atoms with Crippen molar-refractivity contribution in [3.05, 3.63) is 35.4 Å². The molecule has 1 saturated heterocycles. The number of likely N-dealkylation sites (tertiary alicyclic amines) is 1. The van der Waals surface area contributed by atoms with Crippen molar-refractivity contribution in [2.75, 3.05) is 27.8 Å². The molecule has 1 aromatic rings. The summed E-state index contributed by atoms with van der Waals surface area (Å²) in [4.78, 5) is 2.55. The molecule has 7 rings (SSSR count). The minimum Gasteiger partial charge on any atom is -0.493 e. The molecular weight excluding hydrogens is 390 g/mol. The molecule has 6 aliphatic rings. The van der Waals surface area contributed by atoms with E-state index in [9.17, 15) is 5.11 Å². The highest BCUT2D eigenvalue weighted by Gasteiger charge is 2.80. The molecule has 2 fully saturated rings. The summed E-state index contributed by atoms with van der Waals surface area (Å²) in [6.07, 6.45) is 9.25. The van der Waals surface area contributed by atoms with Gasteiger partial charge in [0, 0.05) is 30.0 Å². The van der Waals surface area contributed by atoms with Crippen LogP contribution in [0.2, 0.25) is 0 Å². The fourth-order valence-electron chi connectivity index (χ4n) is 8.59. The maximum Gasteiger partial charge on any atom is 0.166 e. The van der Waals surface area contributed by atoms with E-state index in [0.29, 0.717) is 6.04 Å². The molecule has 168 valence electrons. The third kappa shape index (κ3) is 2.01. The van der Waals surface area contributed by atoms with Crippen LogP contribution in [0.15, 0.2) is 24.3 Å². The van der Waals surface area contributed by atoms with E-state index in [1.165, 1.54) is 11.1 Å². The highest BCUT2D eigenvalue weighted by atomic mass is 16.6. The number of fused-ring (bicyclic) bond motifs is 1. The summed E-state index contributed by atoms with van der Waals surface area (Å²) >= 11 is 0. The van der Waals surface area contributed by atoms with Crippen LogP contribution in [0.25, 0.3) is 0 Å². The number of hydrogen-bond donors (Lipinski definition) is 1. The zero-order valence-electron chi connectivity index (χ0n) is 19.4. The highest BCUT2D eigenvalue weighted by Crippen LogP contribution is 2.75. The second kappa shape index (κ2) is 6.06. The van der Waals surface area contributed by atoms with Gasteiger partial charge in [0.15, 0.2) is 11.5 Å². The van der Waals surface area contributed by atoms with Crippen molar-refractivity contribution in [2.45, 2.75) is 74.7 Å². The number of hydrogen-bond acceptors (Lipinski definition) is 5. The van der Waals surface area contributed by atoms with Crippen molar-refractivity contribution >= 4 is 0 Å². The van der Waals surface area contributed by atoms with E-state index in [4.69, 9.17) is 14.2 Å². The fraction of sp³-hybridized carbons (Fsp3) is 0.692. The molecule has 0 aromatic heterocycles. The molecule has 5 nitrogen and oxygen atoms in total. The SMILES string of the molecule is CCC[C@@](C)(O)C1C[C@@]23C=C[C@]1(OC)[C@@H]1Oc4c(OC)ccc5c4[C@@]12CCN(C)[C@@H]3C5. The fourth-order valence-corrected chi connectivity index (χ4v) is 8.59. The maximum absolute atomic E-state index is 11.7. The Labute approximate surface area is 185 Å². The molecular formula is C26H35NO4. The van der Waals surface area contributed by atoms with Gasteiger partial charge in [-0.3, -0.25) is 0 Å². The van der Waals surface area contributed by atoms with Crippen molar-refractivity contribution in [3.63, 3.8) is 0 Å². The standard InChI is InChI=1S/C26H35NO4/c1-6-9-23(2,28)18-15-24-10-11-26(18,30-5)22-25(24)12-13-27(3)19(24)14-16-7-8-17(29-4)21(31-22)20(16)25/h7-8,10-11,18-19,22,28H,6,9,12-15H2,1-5H3/t18?,19-,22-,23-,24-,25+,26-/m1/s1. The molecule has 2 aliphatic heterocycles. The largest absolute Gasteiger partial charge is 0.493 e. The van der Waals surface area contributed by atoms with Crippen molar-refractivity contribution in [2.24, 2.45) is 11.3 Å². The first-order valence-corrected chi connectivity index (χ1v) is 11.9. The van der Waals surface area contributed by atoms with E-state index in [-0.39, 0.29) is 22.9 Å². The van der Waals surface area contributed by atoms with Gasteiger partial charge >= 0.3 is 0 Å². The number of benzene rings is 1. The Bertz CT molecular complexity index is 972. The Morgan fingerprint density at radius 3 is 2.81 bits per heavy atom. The van der Waals surface area contributed by atoms with Gasteiger partial charge in [-0.05, 0) is 57.8 Å². The summed E-state index contributed by atoms with van der Waals surface area (Å²) in [5.41, 5.74) is 1.08. The van der Waals surface area contributed by atoms with Gasteiger partial charge in [-0.1, -0.05) is 31.6 Å². The first-order chi connectivity index (χ1) is 14.8. The third-order valence-electron chi connectivity index (χ3n) is 9.78. The predicted octanol–water partition coefficient (Wildman–Crippen LogP) is 3.47. The molecule has 7 atom stereocenters. The van der Waals surface area contributed by atoms with Gasteiger partial charge in [0.25, 0.3) is 0 Å². The lowest BCUT2D eigenvalue weighted by Crippen LogP contribution is -2.80. The van der Waals surface area contributed by atoms with Crippen LogP contribution in [0.3, 0.4) is 0 Å². The molecule has 2 heterocycles.